The molecule has 0 aliphatic carbocycles. The number of allylic oxidation sites excluding steroid dienone is 9. The van der Waals surface area contributed by atoms with Crippen molar-refractivity contribution < 1.29 is 32.9 Å². The van der Waals surface area contributed by atoms with Gasteiger partial charge in [0, 0.05) is 6.42 Å². The second-order valence-corrected chi connectivity index (χ2v) is 17.8. The van der Waals surface area contributed by atoms with Crippen LogP contribution >= 0.6 is 7.82 Å². The van der Waals surface area contributed by atoms with Crippen LogP contribution in [0.2, 0.25) is 0 Å². The number of carbonyl (C=O) groups excluding carboxylic acids is 1. The molecule has 0 aromatic carbocycles. The second kappa shape index (κ2) is 38.7. The molecule has 3 unspecified atom stereocenters. The number of hydrogen-bond donors (Lipinski definition) is 2. The van der Waals surface area contributed by atoms with Crippen LogP contribution in [0.5, 0.6) is 0 Å². The summed E-state index contributed by atoms with van der Waals surface area (Å²) in [4.78, 5) is 25.3. The first-order chi connectivity index (χ1) is 27.0. The van der Waals surface area contributed by atoms with Crippen LogP contribution in [0.25, 0.3) is 0 Å². The molecule has 0 spiro atoms. The summed E-state index contributed by atoms with van der Waals surface area (Å²) in [5.41, 5.74) is 0. The Balaban J connectivity index is 4.35. The third-order valence-electron chi connectivity index (χ3n) is 9.70. The van der Waals surface area contributed by atoms with Crippen molar-refractivity contribution in [2.24, 2.45) is 0 Å². The molecule has 0 saturated carbocycles. The average molecular weight is 807 g/mol. The van der Waals surface area contributed by atoms with Crippen LogP contribution in [0, 0.1) is 0 Å². The number of phosphoric acid groups is 1. The van der Waals surface area contributed by atoms with Gasteiger partial charge >= 0.3 is 0 Å². The molecule has 0 aliphatic rings. The van der Waals surface area contributed by atoms with Gasteiger partial charge in [-0.1, -0.05) is 164 Å². The molecule has 56 heavy (non-hydrogen) atoms. The topological polar surface area (TPSA) is 108 Å². The maximum Gasteiger partial charge on any atom is 0.268 e. The van der Waals surface area contributed by atoms with E-state index in [-0.39, 0.29) is 12.5 Å². The van der Waals surface area contributed by atoms with Gasteiger partial charge in [-0.25, -0.2) is 0 Å². The van der Waals surface area contributed by atoms with E-state index >= 15 is 0 Å². The van der Waals surface area contributed by atoms with Crippen LogP contribution in [0.4, 0.5) is 0 Å². The Morgan fingerprint density at radius 1 is 0.625 bits per heavy atom. The third-order valence-corrected chi connectivity index (χ3v) is 10.7. The van der Waals surface area contributed by atoms with Gasteiger partial charge in [0.15, 0.2) is 0 Å². The standard InChI is InChI=1S/C47H87N2O6P/c1-6-8-10-12-14-16-18-19-20-21-22-23-24-25-26-27-28-29-31-33-35-37-39-41-47(51)48-45(44-55-56(52,53)54-43-42-49(3,4)5)46(50)40-38-36-34-32-30-17-15-13-11-9-7-2/h18-19,21-22,24-25,30,32,38,40,45-46,50H,6-17,20,23,26-29,31,33-37,39,41-44H2,1-5H3,(H-,48,51,52,53)/b19-18-,22-21-,25-24-,32-30+,40-38+. The van der Waals surface area contributed by atoms with Crippen LogP contribution < -0.4 is 10.2 Å². The number of amides is 1. The van der Waals surface area contributed by atoms with Gasteiger partial charge in [0.05, 0.1) is 39.9 Å². The van der Waals surface area contributed by atoms with Gasteiger partial charge in [-0.05, 0) is 70.6 Å². The third kappa shape index (κ3) is 40.4. The van der Waals surface area contributed by atoms with Crippen molar-refractivity contribution in [3.8, 4) is 0 Å². The van der Waals surface area contributed by atoms with Crippen molar-refractivity contribution in [3.05, 3.63) is 60.8 Å². The fourth-order valence-electron chi connectivity index (χ4n) is 6.06. The zero-order chi connectivity index (χ0) is 41.4. The normalized spacial score (nSPS) is 14.9. The van der Waals surface area contributed by atoms with Crippen LogP contribution in [-0.2, 0) is 18.4 Å². The first kappa shape index (κ1) is 54.2. The SMILES string of the molecule is CCCCCCC/C=C\C/C=C\C/C=C\CCCCCCCCCCC(=O)NC(COP(=O)([O-])OCC[N+](C)(C)C)C(O)/C=C/CC/C=C/CCCCCCC. The summed E-state index contributed by atoms with van der Waals surface area (Å²) in [5, 5.41) is 13.7. The van der Waals surface area contributed by atoms with Crippen LogP contribution in [-0.4, -0.2) is 68.5 Å². The lowest BCUT2D eigenvalue weighted by molar-refractivity contribution is -0.870. The Morgan fingerprint density at radius 2 is 1.05 bits per heavy atom. The number of rotatable bonds is 40. The quantitative estimate of drug-likeness (QED) is 0.0276. The molecular weight excluding hydrogens is 719 g/mol. The van der Waals surface area contributed by atoms with Gasteiger partial charge in [-0.15, -0.1) is 0 Å². The number of nitrogens with zero attached hydrogens (tertiary/aromatic N) is 1. The summed E-state index contributed by atoms with van der Waals surface area (Å²) in [6.07, 6.45) is 49.9. The van der Waals surface area contributed by atoms with Crippen molar-refractivity contribution in [3.63, 3.8) is 0 Å². The molecule has 3 atom stereocenters. The molecule has 0 fully saturated rings. The highest BCUT2D eigenvalue weighted by atomic mass is 31.2. The highest BCUT2D eigenvalue weighted by Crippen LogP contribution is 2.38. The number of likely N-dealkylation sites (N-methyl/N-ethyl adjacent to an activating group) is 1. The van der Waals surface area contributed by atoms with E-state index in [0.717, 1.165) is 64.2 Å². The lowest BCUT2D eigenvalue weighted by Crippen LogP contribution is -2.45. The minimum atomic E-state index is -4.60. The molecule has 0 heterocycles. The Kier molecular flexibility index (Phi) is 37.5. The number of hydrogen-bond acceptors (Lipinski definition) is 6. The van der Waals surface area contributed by atoms with E-state index in [4.69, 9.17) is 9.05 Å². The molecule has 0 bridgehead atoms. The van der Waals surface area contributed by atoms with E-state index < -0.39 is 26.6 Å². The van der Waals surface area contributed by atoms with Crippen molar-refractivity contribution in [2.75, 3.05) is 40.9 Å². The molecular formula is C47H87N2O6P. The predicted molar refractivity (Wildman–Crippen MR) is 237 cm³/mol. The largest absolute Gasteiger partial charge is 0.756 e. The fraction of sp³-hybridized carbons (Fsp3) is 0.766. The first-order valence-electron chi connectivity index (χ1n) is 22.7. The number of unbranched alkanes of at least 4 members (excludes halogenated alkanes) is 19. The second-order valence-electron chi connectivity index (χ2n) is 16.4. The zero-order valence-electron chi connectivity index (χ0n) is 36.8. The number of aliphatic hydroxyl groups is 1. The molecule has 2 N–H and O–H groups in total. The van der Waals surface area contributed by atoms with E-state index in [1.807, 2.05) is 27.2 Å². The van der Waals surface area contributed by atoms with Crippen LogP contribution in [0.1, 0.15) is 181 Å². The molecule has 0 aromatic heterocycles. The van der Waals surface area contributed by atoms with Gasteiger partial charge in [-0.3, -0.25) is 9.36 Å². The highest BCUT2D eigenvalue weighted by molar-refractivity contribution is 7.45. The van der Waals surface area contributed by atoms with Gasteiger partial charge in [0.25, 0.3) is 7.82 Å². The van der Waals surface area contributed by atoms with E-state index in [9.17, 15) is 19.4 Å². The Labute approximate surface area is 345 Å². The molecule has 0 radical (unpaired) electrons. The number of nitrogens with one attached hydrogen (secondary N) is 1. The number of carbonyl (C=O) groups is 1. The van der Waals surface area contributed by atoms with E-state index in [0.29, 0.717) is 17.4 Å². The Bertz CT molecular complexity index is 1100. The smallest absolute Gasteiger partial charge is 0.268 e. The highest BCUT2D eigenvalue weighted by Gasteiger charge is 2.23. The summed E-state index contributed by atoms with van der Waals surface area (Å²) in [6, 6.07) is -0.907. The van der Waals surface area contributed by atoms with Crippen LogP contribution in [0.15, 0.2) is 60.8 Å². The van der Waals surface area contributed by atoms with E-state index in [2.05, 4.69) is 67.8 Å². The summed E-state index contributed by atoms with van der Waals surface area (Å²) >= 11 is 0. The minimum Gasteiger partial charge on any atom is -0.756 e. The van der Waals surface area contributed by atoms with Crippen molar-refractivity contribution in [1.82, 2.24) is 5.32 Å². The van der Waals surface area contributed by atoms with Gasteiger partial charge in [-0.2, -0.15) is 0 Å². The van der Waals surface area contributed by atoms with Gasteiger partial charge in [0.1, 0.15) is 13.2 Å². The molecule has 0 aliphatic heterocycles. The van der Waals surface area contributed by atoms with E-state index in [1.165, 1.54) is 96.3 Å². The molecule has 8 nitrogen and oxygen atoms in total. The van der Waals surface area contributed by atoms with Crippen molar-refractivity contribution in [1.29, 1.82) is 0 Å². The number of aliphatic hydroxyl groups excluding tert-OH is 1. The molecule has 9 heteroatoms. The lowest BCUT2D eigenvalue weighted by Gasteiger charge is -2.29. The maximum absolute atomic E-state index is 12.8. The summed E-state index contributed by atoms with van der Waals surface area (Å²) < 4.78 is 23.1. The molecule has 0 saturated heterocycles. The number of phosphoric ester groups is 1. The monoisotopic (exact) mass is 807 g/mol. The van der Waals surface area contributed by atoms with Crippen molar-refractivity contribution >= 4 is 13.7 Å². The summed E-state index contributed by atoms with van der Waals surface area (Å²) in [5.74, 6) is -0.219. The van der Waals surface area contributed by atoms with Gasteiger partial charge < -0.3 is 28.8 Å². The minimum absolute atomic E-state index is 0.0106. The predicted octanol–water partition coefficient (Wildman–Crippen LogP) is 12.0. The van der Waals surface area contributed by atoms with Gasteiger partial charge in [0.2, 0.25) is 5.91 Å². The Morgan fingerprint density at radius 3 is 1.57 bits per heavy atom. The van der Waals surface area contributed by atoms with Crippen LogP contribution in [0.3, 0.4) is 0 Å². The molecule has 0 aromatic rings. The molecule has 0 rings (SSSR count). The average Bonchev–Trinajstić information content (AvgIpc) is 3.15. The zero-order valence-corrected chi connectivity index (χ0v) is 37.7. The lowest BCUT2D eigenvalue weighted by atomic mass is 10.1. The Hall–Kier alpha value is -1.80. The number of quaternary nitrogens is 1. The van der Waals surface area contributed by atoms with E-state index in [1.54, 1.807) is 6.08 Å². The summed E-state index contributed by atoms with van der Waals surface area (Å²) in [7, 11) is 1.23. The van der Waals surface area contributed by atoms with Crippen molar-refractivity contribution in [2.45, 2.75) is 193 Å². The molecule has 326 valence electrons. The maximum atomic E-state index is 12.8. The first-order valence-corrected chi connectivity index (χ1v) is 24.1. The summed E-state index contributed by atoms with van der Waals surface area (Å²) in [6.45, 7) is 4.56. The molecule has 1 amide bonds. The fourth-order valence-corrected chi connectivity index (χ4v) is 6.78.